The fourth-order valence-electron chi connectivity index (χ4n) is 2.66. The third-order valence-corrected chi connectivity index (χ3v) is 3.56. The zero-order valence-corrected chi connectivity index (χ0v) is 11.5. The quantitative estimate of drug-likeness (QED) is 0.865. The molecule has 6 nitrogen and oxygen atoms in total. The first-order valence-electron chi connectivity index (χ1n) is 6.74. The van der Waals surface area contributed by atoms with E-state index in [1.807, 2.05) is 4.90 Å². The largest absolute Gasteiger partial charge is 0.481 e. The van der Waals surface area contributed by atoms with Crippen LogP contribution in [0.1, 0.15) is 41.7 Å². The Labute approximate surface area is 117 Å². The molecule has 0 aliphatic carbocycles. The van der Waals surface area contributed by atoms with Crippen molar-refractivity contribution in [3.63, 3.8) is 0 Å². The Morgan fingerprint density at radius 2 is 2.20 bits per heavy atom. The third kappa shape index (κ3) is 3.26. The number of pyridine rings is 1. The van der Waals surface area contributed by atoms with Crippen LogP contribution in [0.4, 0.5) is 5.82 Å². The van der Waals surface area contributed by atoms with Crippen molar-refractivity contribution in [1.29, 1.82) is 0 Å². The molecule has 1 unspecified atom stereocenters. The maximum atomic E-state index is 11.3. The predicted molar refractivity (Wildman–Crippen MR) is 74.7 cm³/mol. The maximum Gasteiger partial charge on any atom is 0.305 e. The molecule has 1 aromatic heterocycles. The van der Waals surface area contributed by atoms with Gasteiger partial charge in [0, 0.05) is 23.8 Å². The molecule has 6 heteroatoms. The standard InChI is InChI=1S/C14H19N3O3/c1-9-6-10(14(15)20)7-12(16-9)17-5-3-2-4-11(17)8-13(18)19/h6-7,11H,2-5,8H2,1H3,(H2,15,20)(H,18,19). The van der Waals surface area contributed by atoms with Gasteiger partial charge >= 0.3 is 5.97 Å². The summed E-state index contributed by atoms with van der Waals surface area (Å²) >= 11 is 0. The number of aliphatic carboxylic acids is 1. The highest BCUT2D eigenvalue weighted by Crippen LogP contribution is 2.26. The van der Waals surface area contributed by atoms with Crippen LogP contribution in [0.3, 0.4) is 0 Å². The highest BCUT2D eigenvalue weighted by molar-refractivity contribution is 5.93. The zero-order chi connectivity index (χ0) is 14.7. The van der Waals surface area contributed by atoms with Crippen molar-refractivity contribution in [2.45, 2.75) is 38.6 Å². The van der Waals surface area contributed by atoms with E-state index in [1.54, 1.807) is 19.1 Å². The average molecular weight is 277 g/mol. The lowest BCUT2D eigenvalue weighted by atomic mass is 9.99. The first kappa shape index (κ1) is 14.3. The Hall–Kier alpha value is -2.11. The lowest BCUT2D eigenvalue weighted by Crippen LogP contribution is -2.41. The van der Waals surface area contributed by atoms with Gasteiger partial charge in [0.05, 0.1) is 6.42 Å². The Bertz CT molecular complexity index is 530. The van der Waals surface area contributed by atoms with Crippen molar-refractivity contribution in [3.05, 3.63) is 23.4 Å². The van der Waals surface area contributed by atoms with E-state index >= 15 is 0 Å². The molecule has 2 rings (SSSR count). The number of carboxylic acid groups (broad SMARTS) is 1. The fourth-order valence-corrected chi connectivity index (χ4v) is 2.66. The van der Waals surface area contributed by atoms with Gasteiger partial charge in [-0.15, -0.1) is 0 Å². The normalized spacial score (nSPS) is 18.9. The number of hydrogen-bond donors (Lipinski definition) is 2. The molecular formula is C14H19N3O3. The van der Waals surface area contributed by atoms with Crippen LogP contribution in [-0.4, -0.2) is 34.6 Å². The van der Waals surface area contributed by atoms with Gasteiger partial charge in [-0.25, -0.2) is 4.98 Å². The number of rotatable bonds is 4. The molecule has 0 bridgehead atoms. The van der Waals surface area contributed by atoms with Gasteiger partial charge in [0.1, 0.15) is 5.82 Å². The van der Waals surface area contributed by atoms with Crippen LogP contribution in [0.15, 0.2) is 12.1 Å². The first-order chi connectivity index (χ1) is 9.47. The molecule has 0 radical (unpaired) electrons. The topological polar surface area (TPSA) is 96.5 Å². The molecule has 1 aliphatic heterocycles. The van der Waals surface area contributed by atoms with E-state index in [2.05, 4.69) is 4.98 Å². The number of nitrogens with two attached hydrogens (primary N) is 1. The number of piperidine rings is 1. The number of anilines is 1. The van der Waals surface area contributed by atoms with Crippen LogP contribution < -0.4 is 10.6 Å². The minimum absolute atomic E-state index is 0.0729. The van der Waals surface area contributed by atoms with Crippen LogP contribution in [0.5, 0.6) is 0 Å². The SMILES string of the molecule is Cc1cc(C(N)=O)cc(N2CCCCC2CC(=O)O)n1. The van der Waals surface area contributed by atoms with Gasteiger partial charge < -0.3 is 15.7 Å². The van der Waals surface area contributed by atoms with Gasteiger partial charge in [0.2, 0.25) is 5.91 Å². The van der Waals surface area contributed by atoms with Crippen molar-refractivity contribution in [1.82, 2.24) is 4.98 Å². The summed E-state index contributed by atoms with van der Waals surface area (Å²) in [5.74, 6) is -0.669. The maximum absolute atomic E-state index is 11.3. The molecule has 1 amide bonds. The Morgan fingerprint density at radius 3 is 2.85 bits per heavy atom. The van der Waals surface area contributed by atoms with Crippen LogP contribution in [-0.2, 0) is 4.79 Å². The van der Waals surface area contributed by atoms with Crippen molar-refractivity contribution < 1.29 is 14.7 Å². The summed E-state index contributed by atoms with van der Waals surface area (Å²) in [6.45, 7) is 2.55. The van der Waals surface area contributed by atoms with Gasteiger partial charge in [-0.05, 0) is 38.3 Å². The lowest BCUT2D eigenvalue weighted by Gasteiger charge is -2.36. The average Bonchev–Trinajstić information content (AvgIpc) is 2.37. The number of carbonyl (C=O) groups is 2. The molecule has 1 aromatic rings. The van der Waals surface area contributed by atoms with Gasteiger partial charge in [0.15, 0.2) is 0 Å². The van der Waals surface area contributed by atoms with E-state index in [9.17, 15) is 9.59 Å². The zero-order valence-electron chi connectivity index (χ0n) is 11.5. The number of aryl methyl sites for hydroxylation is 1. The number of amides is 1. The Morgan fingerprint density at radius 1 is 1.45 bits per heavy atom. The second kappa shape index (κ2) is 5.90. The molecule has 20 heavy (non-hydrogen) atoms. The summed E-state index contributed by atoms with van der Waals surface area (Å²) < 4.78 is 0. The molecule has 1 aliphatic rings. The molecule has 1 saturated heterocycles. The van der Waals surface area contributed by atoms with Crippen LogP contribution >= 0.6 is 0 Å². The second-order valence-electron chi connectivity index (χ2n) is 5.16. The summed E-state index contributed by atoms with van der Waals surface area (Å²) in [5.41, 5.74) is 6.43. The van der Waals surface area contributed by atoms with E-state index in [0.29, 0.717) is 17.1 Å². The van der Waals surface area contributed by atoms with E-state index in [-0.39, 0.29) is 12.5 Å². The van der Waals surface area contributed by atoms with Crippen molar-refractivity contribution in [3.8, 4) is 0 Å². The smallest absolute Gasteiger partial charge is 0.305 e. The van der Waals surface area contributed by atoms with E-state index < -0.39 is 11.9 Å². The molecule has 3 N–H and O–H groups in total. The molecule has 2 heterocycles. The molecule has 0 saturated carbocycles. The monoisotopic (exact) mass is 277 g/mol. The summed E-state index contributed by atoms with van der Waals surface area (Å²) in [6, 6.07) is 3.22. The van der Waals surface area contributed by atoms with E-state index in [4.69, 9.17) is 10.8 Å². The molecule has 0 spiro atoms. The van der Waals surface area contributed by atoms with Crippen molar-refractivity contribution >= 4 is 17.7 Å². The van der Waals surface area contributed by atoms with E-state index in [1.165, 1.54) is 0 Å². The summed E-state index contributed by atoms with van der Waals surface area (Å²) in [4.78, 5) is 28.7. The van der Waals surface area contributed by atoms with Gasteiger partial charge in [-0.2, -0.15) is 0 Å². The predicted octanol–water partition coefficient (Wildman–Crippen LogP) is 1.32. The Kier molecular flexibility index (Phi) is 4.22. The minimum atomic E-state index is -0.815. The second-order valence-corrected chi connectivity index (χ2v) is 5.16. The van der Waals surface area contributed by atoms with Crippen LogP contribution in [0.25, 0.3) is 0 Å². The molecular weight excluding hydrogens is 258 g/mol. The molecule has 1 fully saturated rings. The van der Waals surface area contributed by atoms with Crippen molar-refractivity contribution in [2.75, 3.05) is 11.4 Å². The van der Waals surface area contributed by atoms with Gasteiger partial charge in [-0.1, -0.05) is 0 Å². The number of nitrogens with zero attached hydrogens (tertiary/aromatic N) is 2. The highest BCUT2D eigenvalue weighted by atomic mass is 16.4. The highest BCUT2D eigenvalue weighted by Gasteiger charge is 2.26. The number of hydrogen-bond acceptors (Lipinski definition) is 4. The van der Waals surface area contributed by atoms with Gasteiger partial charge in [0.25, 0.3) is 0 Å². The van der Waals surface area contributed by atoms with Crippen LogP contribution in [0.2, 0.25) is 0 Å². The number of aromatic nitrogens is 1. The first-order valence-corrected chi connectivity index (χ1v) is 6.74. The lowest BCUT2D eigenvalue weighted by molar-refractivity contribution is -0.137. The number of carboxylic acids is 1. The number of primary amides is 1. The molecule has 0 aromatic carbocycles. The molecule has 108 valence electrons. The summed E-state index contributed by atoms with van der Waals surface area (Å²) in [6.07, 6.45) is 2.93. The summed E-state index contributed by atoms with van der Waals surface area (Å²) in [7, 11) is 0. The van der Waals surface area contributed by atoms with Crippen molar-refractivity contribution in [2.24, 2.45) is 5.73 Å². The van der Waals surface area contributed by atoms with Gasteiger partial charge in [-0.3, -0.25) is 9.59 Å². The van der Waals surface area contributed by atoms with Crippen LogP contribution in [0, 0.1) is 6.92 Å². The van der Waals surface area contributed by atoms with E-state index in [0.717, 1.165) is 25.8 Å². The summed E-state index contributed by atoms with van der Waals surface area (Å²) in [5, 5.41) is 9.01. The minimum Gasteiger partial charge on any atom is -0.481 e. The molecule has 1 atom stereocenters. The third-order valence-electron chi connectivity index (χ3n) is 3.56. The Balaban J connectivity index is 2.31. The number of carbonyl (C=O) groups excluding carboxylic acids is 1. The fraction of sp³-hybridized carbons (Fsp3) is 0.500.